The number of hydrogen-bond donors (Lipinski definition) is 1. The van der Waals surface area contributed by atoms with E-state index in [0.29, 0.717) is 12.6 Å². The maximum atomic E-state index is 13.4. The summed E-state index contributed by atoms with van der Waals surface area (Å²) in [5.74, 6) is -0.00144. The number of nitrogens with one attached hydrogen (secondary N) is 1. The minimum Gasteiger partial charge on any atom is -0.352 e. The predicted molar refractivity (Wildman–Crippen MR) is 132 cm³/mol. The molecule has 168 valence electrons. The van der Waals surface area contributed by atoms with Crippen molar-refractivity contribution in [3.05, 3.63) is 65.7 Å². The fourth-order valence-corrected chi connectivity index (χ4v) is 4.49. The Hall–Kier alpha value is -2.76. The van der Waals surface area contributed by atoms with Crippen molar-refractivity contribution in [3.63, 3.8) is 0 Å². The van der Waals surface area contributed by atoms with Crippen LogP contribution in [0.5, 0.6) is 0 Å². The highest BCUT2D eigenvalue weighted by atomic mass is 16.1. The van der Waals surface area contributed by atoms with Gasteiger partial charge in [0.05, 0.1) is 16.8 Å². The van der Waals surface area contributed by atoms with Gasteiger partial charge >= 0.3 is 0 Å². The molecule has 5 heteroatoms. The number of para-hydroxylation sites is 1. The molecule has 0 aliphatic carbocycles. The first kappa shape index (κ1) is 22.4. The van der Waals surface area contributed by atoms with Gasteiger partial charge in [-0.25, -0.2) is 4.98 Å². The van der Waals surface area contributed by atoms with Crippen LogP contribution in [0.3, 0.4) is 0 Å². The third-order valence-electron chi connectivity index (χ3n) is 6.32. The summed E-state index contributed by atoms with van der Waals surface area (Å²) in [7, 11) is 0. The second kappa shape index (κ2) is 10.2. The van der Waals surface area contributed by atoms with E-state index < -0.39 is 0 Å². The first-order chi connectivity index (χ1) is 15.6. The van der Waals surface area contributed by atoms with Crippen molar-refractivity contribution in [2.75, 3.05) is 32.7 Å². The Balaban J connectivity index is 1.81. The molecule has 1 fully saturated rings. The molecule has 0 bridgehead atoms. The van der Waals surface area contributed by atoms with Gasteiger partial charge in [-0.15, -0.1) is 0 Å². The van der Waals surface area contributed by atoms with Crippen LogP contribution < -0.4 is 5.32 Å². The molecule has 1 N–H and O–H groups in total. The van der Waals surface area contributed by atoms with Gasteiger partial charge in [-0.1, -0.05) is 55.5 Å². The topological polar surface area (TPSA) is 48.5 Å². The summed E-state index contributed by atoms with van der Waals surface area (Å²) in [6, 6.07) is 18.8. The van der Waals surface area contributed by atoms with Gasteiger partial charge in [0.2, 0.25) is 0 Å². The first-order valence-corrected chi connectivity index (χ1v) is 11.8. The molecule has 4 rings (SSSR count). The maximum absolute atomic E-state index is 13.4. The molecular formula is C27H34N4O. The molecule has 1 aromatic heterocycles. The number of carbonyl (C=O) groups is 1. The Kier molecular flexibility index (Phi) is 7.18. The number of hydrogen-bond acceptors (Lipinski definition) is 4. The van der Waals surface area contributed by atoms with Crippen LogP contribution in [0.25, 0.3) is 22.2 Å². The van der Waals surface area contributed by atoms with Crippen molar-refractivity contribution in [1.82, 2.24) is 20.1 Å². The van der Waals surface area contributed by atoms with Crippen LogP contribution in [0.1, 0.15) is 43.1 Å². The van der Waals surface area contributed by atoms with Crippen LogP contribution in [0.2, 0.25) is 0 Å². The lowest BCUT2D eigenvalue weighted by molar-refractivity contribution is 0.0944. The molecule has 2 aromatic carbocycles. The van der Waals surface area contributed by atoms with Gasteiger partial charge in [0.25, 0.3) is 5.91 Å². The minimum atomic E-state index is -0.00144. The Bertz CT molecular complexity index is 1060. The van der Waals surface area contributed by atoms with Gasteiger partial charge in [0, 0.05) is 61.8 Å². The Labute approximate surface area is 191 Å². The largest absolute Gasteiger partial charge is 0.352 e. The molecule has 0 spiro atoms. The fraction of sp³-hybridized carbons (Fsp3) is 0.407. The lowest BCUT2D eigenvalue weighted by Gasteiger charge is -2.37. The van der Waals surface area contributed by atoms with Gasteiger partial charge in [-0.05, 0) is 26.3 Å². The van der Waals surface area contributed by atoms with E-state index in [-0.39, 0.29) is 5.91 Å². The van der Waals surface area contributed by atoms with Crippen molar-refractivity contribution in [1.29, 1.82) is 0 Å². The number of piperazine rings is 1. The zero-order valence-electron chi connectivity index (χ0n) is 19.5. The number of fused-ring (bicyclic) bond motifs is 1. The van der Waals surface area contributed by atoms with Crippen LogP contribution in [0.4, 0.5) is 0 Å². The molecule has 0 radical (unpaired) electrons. The molecule has 32 heavy (non-hydrogen) atoms. The Morgan fingerprint density at radius 1 is 1.00 bits per heavy atom. The Morgan fingerprint density at radius 3 is 2.38 bits per heavy atom. The lowest BCUT2D eigenvalue weighted by Crippen LogP contribution is -2.48. The molecular weight excluding hydrogens is 396 g/mol. The van der Waals surface area contributed by atoms with Crippen LogP contribution in [-0.4, -0.2) is 59.5 Å². The summed E-state index contributed by atoms with van der Waals surface area (Å²) in [5, 5.41) is 4.05. The number of rotatable bonds is 7. The highest BCUT2D eigenvalue weighted by Crippen LogP contribution is 2.31. The minimum absolute atomic E-state index is 0.00144. The zero-order valence-corrected chi connectivity index (χ0v) is 19.5. The van der Waals surface area contributed by atoms with E-state index in [9.17, 15) is 4.79 Å². The van der Waals surface area contributed by atoms with Crippen LogP contribution in [-0.2, 0) is 6.54 Å². The van der Waals surface area contributed by atoms with Crippen molar-refractivity contribution < 1.29 is 4.79 Å². The molecule has 5 nitrogen and oxygen atoms in total. The van der Waals surface area contributed by atoms with E-state index in [4.69, 9.17) is 4.98 Å². The van der Waals surface area contributed by atoms with Gasteiger partial charge < -0.3 is 5.32 Å². The van der Waals surface area contributed by atoms with E-state index in [1.165, 1.54) is 0 Å². The molecule has 1 aliphatic rings. The van der Waals surface area contributed by atoms with Gasteiger partial charge in [0.1, 0.15) is 0 Å². The zero-order chi connectivity index (χ0) is 22.5. The summed E-state index contributed by atoms with van der Waals surface area (Å²) in [4.78, 5) is 23.5. The monoisotopic (exact) mass is 430 g/mol. The summed E-state index contributed by atoms with van der Waals surface area (Å²) < 4.78 is 0. The predicted octanol–water partition coefficient (Wildman–Crippen LogP) is 4.57. The summed E-state index contributed by atoms with van der Waals surface area (Å²) in [5.41, 5.74) is 4.63. The molecule has 0 unspecified atom stereocenters. The van der Waals surface area contributed by atoms with E-state index in [2.05, 4.69) is 48.0 Å². The molecule has 2 heterocycles. The maximum Gasteiger partial charge on any atom is 0.252 e. The van der Waals surface area contributed by atoms with Crippen molar-refractivity contribution in [3.8, 4) is 11.3 Å². The normalized spacial score (nSPS) is 15.4. The summed E-state index contributed by atoms with van der Waals surface area (Å²) in [6.45, 7) is 12.1. The van der Waals surface area contributed by atoms with Gasteiger partial charge in [-0.2, -0.15) is 0 Å². The number of benzene rings is 2. The quantitative estimate of drug-likeness (QED) is 0.597. The highest BCUT2D eigenvalue weighted by Gasteiger charge is 2.25. The number of pyridine rings is 1. The molecule has 0 atom stereocenters. The number of nitrogens with zero attached hydrogens (tertiary/aromatic N) is 3. The smallest absolute Gasteiger partial charge is 0.252 e. The molecule has 3 aromatic rings. The molecule has 1 saturated heterocycles. The lowest BCUT2D eigenvalue weighted by atomic mass is 9.95. The van der Waals surface area contributed by atoms with Gasteiger partial charge in [0.15, 0.2) is 0 Å². The average molecular weight is 431 g/mol. The third kappa shape index (κ3) is 4.84. The molecule has 1 amide bonds. The number of aromatic nitrogens is 1. The van der Waals surface area contributed by atoms with Crippen LogP contribution in [0, 0.1) is 0 Å². The summed E-state index contributed by atoms with van der Waals surface area (Å²) in [6.07, 6.45) is 0.910. The van der Waals surface area contributed by atoms with Crippen molar-refractivity contribution in [2.45, 2.75) is 39.8 Å². The van der Waals surface area contributed by atoms with Gasteiger partial charge in [-0.3, -0.25) is 14.6 Å². The van der Waals surface area contributed by atoms with Crippen molar-refractivity contribution >= 4 is 16.8 Å². The van der Waals surface area contributed by atoms with Crippen LogP contribution in [0.15, 0.2) is 54.6 Å². The standard InChI is InChI=1S/C27H34N4O/c1-4-14-28-27(32)25-22-12-8-9-13-24(22)29-26(21-10-6-5-7-11-21)23(25)19-30-15-17-31(18-16-30)20(2)3/h5-13,20H,4,14-19H2,1-3H3,(H,28,32). The SMILES string of the molecule is CCCNC(=O)c1c(CN2CCN(C(C)C)CC2)c(-c2ccccc2)nc2ccccc12. The third-order valence-corrected chi connectivity index (χ3v) is 6.32. The second-order valence-electron chi connectivity index (χ2n) is 8.86. The van der Waals surface area contributed by atoms with E-state index in [1.54, 1.807) is 0 Å². The fourth-order valence-electron chi connectivity index (χ4n) is 4.49. The average Bonchev–Trinajstić information content (AvgIpc) is 2.83. The van der Waals surface area contributed by atoms with Crippen LogP contribution >= 0.6 is 0 Å². The highest BCUT2D eigenvalue weighted by molar-refractivity contribution is 6.09. The summed E-state index contributed by atoms with van der Waals surface area (Å²) >= 11 is 0. The first-order valence-electron chi connectivity index (χ1n) is 11.8. The number of amides is 1. The molecule has 1 aliphatic heterocycles. The van der Waals surface area contributed by atoms with Crippen molar-refractivity contribution in [2.24, 2.45) is 0 Å². The second-order valence-corrected chi connectivity index (χ2v) is 8.86. The number of carbonyl (C=O) groups excluding carboxylic acids is 1. The van der Waals surface area contributed by atoms with E-state index >= 15 is 0 Å². The van der Waals surface area contributed by atoms with E-state index in [0.717, 1.165) is 72.4 Å². The molecule has 0 saturated carbocycles. The Morgan fingerprint density at radius 2 is 1.69 bits per heavy atom. The van der Waals surface area contributed by atoms with E-state index in [1.807, 2.05) is 42.5 Å².